The van der Waals surface area contributed by atoms with E-state index >= 15 is 0 Å². The Morgan fingerprint density at radius 3 is 2.05 bits per heavy atom. The highest BCUT2D eigenvalue weighted by Gasteiger charge is 2.32. The number of thiazole rings is 1. The van der Waals surface area contributed by atoms with Crippen molar-refractivity contribution in [3.63, 3.8) is 0 Å². The van der Waals surface area contributed by atoms with Crippen LogP contribution in [0.25, 0.3) is 0 Å². The summed E-state index contributed by atoms with van der Waals surface area (Å²) in [7, 11) is 0. The largest absolute Gasteiger partial charge is 0.321 e. The smallest absolute Gasteiger partial charge is 0.0962 e. The van der Waals surface area contributed by atoms with E-state index < -0.39 is 0 Å². The van der Waals surface area contributed by atoms with Crippen LogP contribution in [0.5, 0.6) is 0 Å². The molecule has 0 aromatic carbocycles. The second-order valence-corrected chi connectivity index (χ2v) is 8.57. The maximum absolute atomic E-state index is 6.37. The van der Waals surface area contributed by atoms with Gasteiger partial charge in [-0.15, -0.1) is 11.3 Å². The minimum absolute atomic E-state index is 0.0788. The Labute approximate surface area is 121 Å². The maximum Gasteiger partial charge on any atom is 0.0962 e. The van der Waals surface area contributed by atoms with Crippen molar-refractivity contribution in [3.8, 4) is 0 Å². The molecule has 0 atom stereocenters. The van der Waals surface area contributed by atoms with Gasteiger partial charge in [0.2, 0.25) is 0 Å². The van der Waals surface area contributed by atoms with E-state index in [9.17, 15) is 0 Å². The molecule has 0 aliphatic heterocycles. The first-order valence-corrected chi connectivity index (χ1v) is 8.32. The molecule has 0 bridgehead atoms. The SMILES string of the molecule is CC(C)(C)c1nc(C2CCCCC2)sc1C(C)(C)N. The fourth-order valence-electron chi connectivity index (χ4n) is 2.81. The Morgan fingerprint density at radius 1 is 1.05 bits per heavy atom. The molecule has 0 spiro atoms. The average molecular weight is 280 g/mol. The van der Waals surface area contributed by atoms with Crippen molar-refractivity contribution >= 4 is 11.3 Å². The van der Waals surface area contributed by atoms with Crippen LogP contribution in [0, 0.1) is 0 Å². The van der Waals surface area contributed by atoms with Crippen LogP contribution in [0.15, 0.2) is 0 Å². The second-order valence-electron chi connectivity index (χ2n) is 7.54. The monoisotopic (exact) mass is 280 g/mol. The van der Waals surface area contributed by atoms with Gasteiger partial charge >= 0.3 is 0 Å². The molecule has 1 aliphatic rings. The molecule has 0 radical (unpaired) electrons. The number of hydrogen-bond acceptors (Lipinski definition) is 3. The molecule has 1 aromatic rings. The molecule has 1 fully saturated rings. The van der Waals surface area contributed by atoms with Crippen LogP contribution >= 0.6 is 11.3 Å². The number of nitrogens with zero attached hydrogens (tertiary/aromatic N) is 1. The van der Waals surface area contributed by atoms with Gasteiger partial charge in [-0.1, -0.05) is 40.0 Å². The highest BCUT2D eigenvalue weighted by Crippen LogP contribution is 2.41. The van der Waals surface area contributed by atoms with Gasteiger partial charge in [0.25, 0.3) is 0 Å². The Kier molecular flexibility index (Phi) is 4.08. The van der Waals surface area contributed by atoms with Gasteiger partial charge in [0.1, 0.15) is 0 Å². The summed E-state index contributed by atoms with van der Waals surface area (Å²) in [6, 6.07) is 0. The van der Waals surface area contributed by atoms with Crippen molar-refractivity contribution in [3.05, 3.63) is 15.6 Å². The molecule has 1 aliphatic carbocycles. The number of nitrogens with two attached hydrogens (primary N) is 1. The summed E-state index contributed by atoms with van der Waals surface area (Å²) in [4.78, 5) is 6.29. The summed E-state index contributed by atoms with van der Waals surface area (Å²) < 4.78 is 0. The van der Waals surface area contributed by atoms with Gasteiger partial charge in [-0.25, -0.2) is 4.98 Å². The third-order valence-electron chi connectivity index (χ3n) is 3.89. The van der Waals surface area contributed by atoms with Crippen molar-refractivity contribution in [1.82, 2.24) is 4.98 Å². The van der Waals surface area contributed by atoms with Gasteiger partial charge in [0.15, 0.2) is 0 Å². The van der Waals surface area contributed by atoms with Gasteiger partial charge in [0.05, 0.1) is 10.7 Å². The van der Waals surface area contributed by atoms with Crippen LogP contribution in [0.2, 0.25) is 0 Å². The molecule has 19 heavy (non-hydrogen) atoms. The zero-order valence-electron chi connectivity index (χ0n) is 13.0. The first-order chi connectivity index (χ1) is 8.69. The van der Waals surface area contributed by atoms with Crippen LogP contribution < -0.4 is 5.73 Å². The molecule has 1 aromatic heterocycles. The molecule has 1 heterocycles. The van der Waals surface area contributed by atoms with Crippen LogP contribution in [0.4, 0.5) is 0 Å². The molecule has 2 nitrogen and oxygen atoms in total. The molecule has 108 valence electrons. The van der Waals surface area contributed by atoms with Gasteiger partial charge in [-0.3, -0.25) is 0 Å². The van der Waals surface area contributed by atoms with Crippen LogP contribution in [0.1, 0.15) is 88.2 Å². The molecule has 0 amide bonds. The fourth-order valence-corrected chi connectivity index (χ4v) is 4.27. The molecule has 0 saturated heterocycles. The van der Waals surface area contributed by atoms with Gasteiger partial charge < -0.3 is 5.73 Å². The van der Waals surface area contributed by atoms with Crippen molar-refractivity contribution in [2.75, 3.05) is 0 Å². The normalized spacial score (nSPS) is 18.8. The topological polar surface area (TPSA) is 38.9 Å². The molecular formula is C16H28N2S. The number of aromatic nitrogens is 1. The van der Waals surface area contributed by atoms with E-state index in [0.29, 0.717) is 5.92 Å². The predicted octanol–water partition coefficient (Wildman–Crippen LogP) is 4.68. The Balaban J connectivity index is 2.39. The highest BCUT2D eigenvalue weighted by atomic mass is 32.1. The summed E-state index contributed by atoms with van der Waals surface area (Å²) in [5, 5.41) is 1.33. The molecule has 2 rings (SSSR count). The summed E-state index contributed by atoms with van der Waals surface area (Å²) in [5.41, 5.74) is 7.38. The Hall–Kier alpha value is -0.410. The van der Waals surface area contributed by atoms with E-state index in [-0.39, 0.29) is 11.0 Å². The average Bonchev–Trinajstić information content (AvgIpc) is 2.74. The van der Waals surface area contributed by atoms with Crippen molar-refractivity contribution in [2.24, 2.45) is 5.73 Å². The standard InChI is InChI=1S/C16H28N2S/c1-15(2,3)12-13(16(4,5)17)19-14(18-12)11-9-7-6-8-10-11/h11H,6-10,17H2,1-5H3. The van der Waals surface area contributed by atoms with E-state index in [4.69, 9.17) is 10.7 Å². The van der Waals surface area contributed by atoms with Crippen molar-refractivity contribution in [2.45, 2.75) is 83.6 Å². The highest BCUT2D eigenvalue weighted by molar-refractivity contribution is 7.12. The first-order valence-electron chi connectivity index (χ1n) is 7.50. The minimum Gasteiger partial charge on any atom is -0.321 e. The zero-order chi connectivity index (χ0) is 14.3. The summed E-state index contributed by atoms with van der Waals surface area (Å²) in [5.74, 6) is 0.677. The summed E-state index contributed by atoms with van der Waals surface area (Å²) >= 11 is 1.86. The van der Waals surface area contributed by atoms with Gasteiger partial charge in [0, 0.05) is 21.7 Å². The van der Waals surface area contributed by atoms with Crippen molar-refractivity contribution < 1.29 is 0 Å². The Bertz CT molecular complexity index is 397. The lowest BCUT2D eigenvalue weighted by Gasteiger charge is -2.24. The van der Waals surface area contributed by atoms with Crippen LogP contribution in [-0.2, 0) is 11.0 Å². The van der Waals surface area contributed by atoms with E-state index in [2.05, 4.69) is 34.6 Å². The van der Waals surface area contributed by atoms with Crippen LogP contribution in [0.3, 0.4) is 0 Å². The van der Waals surface area contributed by atoms with Crippen molar-refractivity contribution in [1.29, 1.82) is 0 Å². The molecular weight excluding hydrogens is 252 g/mol. The molecule has 1 saturated carbocycles. The van der Waals surface area contributed by atoms with Crippen LogP contribution in [-0.4, -0.2) is 4.98 Å². The summed E-state index contributed by atoms with van der Waals surface area (Å²) in [6.07, 6.45) is 6.72. The second kappa shape index (κ2) is 5.17. The van der Waals surface area contributed by atoms with Gasteiger partial charge in [-0.05, 0) is 26.7 Å². The molecule has 2 N–H and O–H groups in total. The number of hydrogen-bond donors (Lipinski definition) is 1. The molecule has 3 heteroatoms. The minimum atomic E-state index is -0.285. The molecule has 0 unspecified atom stereocenters. The van der Waals surface area contributed by atoms with E-state index in [1.54, 1.807) is 0 Å². The lowest BCUT2D eigenvalue weighted by Crippen LogP contribution is -2.31. The lowest BCUT2D eigenvalue weighted by molar-refractivity contribution is 0.439. The van der Waals surface area contributed by atoms with Gasteiger partial charge in [-0.2, -0.15) is 0 Å². The first kappa shape index (κ1) is 15.0. The maximum atomic E-state index is 6.37. The van der Waals surface area contributed by atoms with E-state index in [0.717, 1.165) is 0 Å². The summed E-state index contributed by atoms with van der Waals surface area (Å²) in [6.45, 7) is 10.9. The third-order valence-corrected chi connectivity index (χ3v) is 5.45. The quantitative estimate of drug-likeness (QED) is 0.854. The van der Waals surface area contributed by atoms with E-state index in [1.807, 2.05) is 11.3 Å². The zero-order valence-corrected chi connectivity index (χ0v) is 13.9. The number of rotatable bonds is 2. The Morgan fingerprint density at radius 2 is 1.63 bits per heavy atom. The lowest BCUT2D eigenvalue weighted by atomic mass is 9.86. The fraction of sp³-hybridized carbons (Fsp3) is 0.812. The van der Waals surface area contributed by atoms with E-state index in [1.165, 1.54) is 47.7 Å². The third kappa shape index (κ3) is 3.38. The predicted molar refractivity (Wildman–Crippen MR) is 83.9 cm³/mol.